The summed E-state index contributed by atoms with van der Waals surface area (Å²) in [7, 11) is 0. The summed E-state index contributed by atoms with van der Waals surface area (Å²) >= 11 is 2.18. The third-order valence-corrected chi connectivity index (χ3v) is 0.805. The molecule has 0 aliphatic carbocycles. The lowest BCUT2D eigenvalue weighted by Crippen LogP contribution is -1.87. The topological polar surface area (TPSA) is 17.1 Å². The molecule has 0 heterocycles. The first-order valence-electron chi connectivity index (χ1n) is 1.76. The van der Waals surface area contributed by atoms with E-state index in [2.05, 4.69) is 22.6 Å². The second kappa shape index (κ2) is 3.59. The van der Waals surface area contributed by atoms with Crippen molar-refractivity contribution in [2.75, 3.05) is 0 Å². The molecule has 0 saturated heterocycles. The van der Waals surface area contributed by atoms with E-state index in [4.69, 9.17) is 0 Å². The van der Waals surface area contributed by atoms with Gasteiger partial charge in [-0.25, -0.2) is 0 Å². The smallest absolute Gasteiger partial charge is 0.199 e. The van der Waals surface area contributed by atoms with Crippen LogP contribution in [0.2, 0.25) is 0 Å². The van der Waals surface area contributed by atoms with Crippen molar-refractivity contribution in [3.05, 3.63) is 0 Å². The molecule has 0 aromatic heterocycles. The van der Waals surface area contributed by atoms with Crippen LogP contribution in [-0.2, 0) is 4.79 Å². The lowest BCUT2D eigenvalue weighted by molar-refractivity contribution is 0.552. The minimum absolute atomic E-state index is 0.445. The number of halogens is 1. The second-order valence-electron chi connectivity index (χ2n) is 1.13. The molecule has 0 fully saturated rings. The summed E-state index contributed by atoms with van der Waals surface area (Å²) in [6.07, 6.45) is 2.37. The van der Waals surface area contributed by atoms with Gasteiger partial charge < -0.3 is 0 Å². The average molecular weight is 197 g/mol. The van der Waals surface area contributed by atoms with Crippen molar-refractivity contribution in [3.63, 3.8) is 0 Å². The van der Waals surface area contributed by atoms with E-state index >= 15 is 0 Å². The third kappa shape index (κ3) is 4.40. The van der Waals surface area contributed by atoms with Gasteiger partial charge in [0.25, 0.3) is 0 Å². The summed E-state index contributed by atoms with van der Waals surface area (Å²) in [5, 5.41) is 0. The number of alkyl halides is 1. The fourth-order valence-electron chi connectivity index (χ4n) is 0.115. The molecule has 0 rings (SSSR count). The van der Waals surface area contributed by atoms with Crippen LogP contribution in [-0.4, -0.2) is 10.2 Å². The molecule has 0 aliphatic heterocycles. The van der Waals surface area contributed by atoms with Crippen molar-refractivity contribution in [1.82, 2.24) is 0 Å². The molecule has 0 spiro atoms. The molecule has 1 unspecified atom stereocenters. The number of hydrogen-bond donors (Lipinski definition) is 0. The van der Waals surface area contributed by atoms with Gasteiger partial charge in [0.15, 0.2) is 6.29 Å². The first kappa shape index (κ1) is 6.40. The molecule has 6 heavy (non-hydrogen) atoms. The van der Waals surface area contributed by atoms with Crippen LogP contribution in [0.1, 0.15) is 13.3 Å². The van der Waals surface area contributed by atoms with Crippen LogP contribution in [0.3, 0.4) is 0 Å². The highest BCUT2D eigenvalue weighted by atomic mass is 127. The zero-order chi connectivity index (χ0) is 4.99. The Labute approximate surface area is 51.3 Å². The maximum Gasteiger partial charge on any atom is 0.199 e. The molecule has 0 aliphatic rings. The van der Waals surface area contributed by atoms with Crippen LogP contribution >= 0.6 is 22.6 Å². The van der Waals surface area contributed by atoms with Crippen LogP contribution in [0.15, 0.2) is 0 Å². The van der Waals surface area contributed by atoms with Gasteiger partial charge in [0.2, 0.25) is 0 Å². The van der Waals surface area contributed by atoms with Gasteiger partial charge in [-0.1, -0.05) is 29.5 Å². The van der Waals surface area contributed by atoms with Gasteiger partial charge in [-0.05, 0) is 0 Å². The largest absolute Gasteiger partial charge is 0.291 e. The Balaban J connectivity index is 2.81. The minimum atomic E-state index is 0.445. The van der Waals surface area contributed by atoms with Gasteiger partial charge in [-0.2, -0.15) is 0 Å². The molecular formula is C4H6IO. The summed E-state index contributed by atoms with van der Waals surface area (Å²) < 4.78 is 0.445. The third-order valence-electron chi connectivity index (χ3n) is 0.365. The molecule has 0 bridgehead atoms. The van der Waals surface area contributed by atoms with Gasteiger partial charge in [-0.15, -0.1) is 0 Å². The first-order valence-corrected chi connectivity index (χ1v) is 3.01. The van der Waals surface area contributed by atoms with Crippen LogP contribution < -0.4 is 0 Å². The maximum atomic E-state index is 9.49. The van der Waals surface area contributed by atoms with E-state index < -0.39 is 0 Å². The molecule has 1 nitrogen and oxygen atoms in total. The summed E-state index contributed by atoms with van der Waals surface area (Å²) in [5.74, 6) is 0. The molecule has 0 saturated carbocycles. The quantitative estimate of drug-likeness (QED) is 0.481. The second-order valence-corrected chi connectivity index (χ2v) is 3.26. The van der Waals surface area contributed by atoms with E-state index in [1.54, 1.807) is 0 Å². The van der Waals surface area contributed by atoms with Crippen LogP contribution in [0.25, 0.3) is 0 Å². The number of rotatable bonds is 2. The Bertz CT molecular complexity index is 42.8. The molecule has 1 radical (unpaired) electrons. The molecule has 1 atom stereocenters. The zero-order valence-corrected chi connectivity index (χ0v) is 5.73. The highest BCUT2D eigenvalue weighted by Gasteiger charge is 1.89. The van der Waals surface area contributed by atoms with E-state index in [9.17, 15) is 4.79 Å². The summed E-state index contributed by atoms with van der Waals surface area (Å²) in [4.78, 5) is 9.49. The van der Waals surface area contributed by atoms with Crippen LogP contribution in [0.5, 0.6) is 0 Å². The molecule has 35 valence electrons. The van der Waals surface area contributed by atoms with Crippen molar-refractivity contribution in [1.29, 1.82) is 0 Å². The Morgan fingerprint density at radius 2 is 2.50 bits per heavy atom. The van der Waals surface area contributed by atoms with Crippen LogP contribution in [0, 0.1) is 0 Å². The SMILES string of the molecule is CC(I)C[C]=O. The Morgan fingerprint density at radius 1 is 2.00 bits per heavy atom. The number of carbonyl (C=O) groups excluding carboxylic acids is 1. The van der Waals surface area contributed by atoms with Crippen molar-refractivity contribution in [3.8, 4) is 0 Å². The summed E-state index contributed by atoms with van der Waals surface area (Å²) in [6.45, 7) is 1.98. The molecule has 0 amide bonds. The molecule has 2 heteroatoms. The van der Waals surface area contributed by atoms with Crippen molar-refractivity contribution >= 4 is 28.9 Å². The maximum absolute atomic E-state index is 9.49. The van der Waals surface area contributed by atoms with E-state index in [0.717, 1.165) is 0 Å². The highest BCUT2D eigenvalue weighted by molar-refractivity contribution is 14.1. The van der Waals surface area contributed by atoms with Gasteiger partial charge >= 0.3 is 0 Å². The van der Waals surface area contributed by atoms with E-state index in [0.29, 0.717) is 10.3 Å². The molecule has 0 aromatic carbocycles. The first-order chi connectivity index (χ1) is 2.77. The van der Waals surface area contributed by atoms with Gasteiger partial charge in [0, 0.05) is 10.3 Å². The van der Waals surface area contributed by atoms with Crippen molar-refractivity contribution in [2.24, 2.45) is 0 Å². The zero-order valence-electron chi connectivity index (χ0n) is 3.57. The lowest BCUT2D eigenvalue weighted by Gasteiger charge is -1.86. The fourth-order valence-corrected chi connectivity index (χ4v) is 0.295. The molecular weight excluding hydrogens is 191 g/mol. The summed E-state index contributed by atoms with van der Waals surface area (Å²) in [6, 6.07) is 0. The summed E-state index contributed by atoms with van der Waals surface area (Å²) in [5.41, 5.74) is 0. The van der Waals surface area contributed by atoms with E-state index in [1.807, 2.05) is 13.2 Å². The predicted octanol–water partition coefficient (Wildman–Crippen LogP) is 1.31. The predicted molar refractivity (Wildman–Crippen MR) is 33.8 cm³/mol. The van der Waals surface area contributed by atoms with Crippen LogP contribution in [0.4, 0.5) is 0 Å². The van der Waals surface area contributed by atoms with Gasteiger partial charge in [0.05, 0.1) is 0 Å². The van der Waals surface area contributed by atoms with Gasteiger partial charge in [-0.3, -0.25) is 4.79 Å². The molecule has 0 aromatic rings. The lowest BCUT2D eigenvalue weighted by atomic mass is 10.4. The minimum Gasteiger partial charge on any atom is -0.291 e. The van der Waals surface area contributed by atoms with Crippen molar-refractivity contribution in [2.45, 2.75) is 17.3 Å². The number of hydrogen-bond acceptors (Lipinski definition) is 1. The Hall–Kier alpha value is 0.400. The average Bonchev–Trinajstić information content (AvgIpc) is 1.35. The highest BCUT2D eigenvalue weighted by Crippen LogP contribution is 1.99. The van der Waals surface area contributed by atoms with E-state index in [1.165, 1.54) is 0 Å². The normalized spacial score (nSPS) is 13.7. The Kier molecular flexibility index (Phi) is 3.82. The van der Waals surface area contributed by atoms with Crippen molar-refractivity contribution < 1.29 is 4.79 Å². The standard InChI is InChI=1S/C4H6IO/c1-4(5)2-3-6/h4H,2H2,1H3. The monoisotopic (exact) mass is 197 g/mol. The van der Waals surface area contributed by atoms with E-state index in [-0.39, 0.29) is 0 Å². The van der Waals surface area contributed by atoms with Gasteiger partial charge in [0.1, 0.15) is 0 Å². The Morgan fingerprint density at radius 3 is 2.50 bits per heavy atom. The molecule has 0 N–H and O–H groups in total. The fraction of sp³-hybridized carbons (Fsp3) is 0.750.